The Labute approximate surface area is 74.2 Å². The average Bonchev–Trinajstić information content (AvgIpc) is 2.03. The maximum Gasteiger partial charge on any atom is 0.0603 e. The van der Waals surface area contributed by atoms with E-state index in [4.69, 9.17) is 5.11 Å². The first-order valence-corrected chi connectivity index (χ1v) is 4.22. The number of nitrogens with one attached hydrogen (secondary N) is 1. The molecular formula is C9H18N2O. The Morgan fingerprint density at radius 3 is 2.75 bits per heavy atom. The van der Waals surface area contributed by atoms with Crippen LogP contribution in [0.25, 0.3) is 0 Å². The summed E-state index contributed by atoms with van der Waals surface area (Å²) in [4.78, 5) is 4.19. The van der Waals surface area contributed by atoms with E-state index in [0.29, 0.717) is 12.5 Å². The highest BCUT2D eigenvalue weighted by Gasteiger charge is 1.93. The minimum absolute atomic E-state index is 0.150. The topological polar surface area (TPSA) is 44.6 Å². The fourth-order valence-electron chi connectivity index (χ4n) is 0.504. The van der Waals surface area contributed by atoms with E-state index in [-0.39, 0.29) is 6.61 Å². The molecule has 0 aliphatic carbocycles. The fourth-order valence-corrected chi connectivity index (χ4v) is 0.504. The van der Waals surface area contributed by atoms with Crippen LogP contribution in [0.4, 0.5) is 0 Å². The van der Waals surface area contributed by atoms with E-state index in [0.717, 1.165) is 5.71 Å². The van der Waals surface area contributed by atoms with Crippen LogP contribution in [0.5, 0.6) is 0 Å². The molecule has 0 aromatic heterocycles. The normalized spacial score (nSPS) is 12.9. The van der Waals surface area contributed by atoms with Crippen molar-refractivity contribution in [3.63, 3.8) is 0 Å². The molecule has 70 valence electrons. The zero-order valence-corrected chi connectivity index (χ0v) is 8.04. The van der Waals surface area contributed by atoms with Gasteiger partial charge in [-0.05, 0) is 12.8 Å². The molecule has 0 aliphatic rings. The Balaban J connectivity index is 3.63. The van der Waals surface area contributed by atoms with E-state index in [1.54, 1.807) is 12.4 Å². The number of aliphatic hydroxyl groups excluding tert-OH is 1. The number of aliphatic imine (C=N–C) groups is 1. The van der Waals surface area contributed by atoms with Crippen LogP contribution >= 0.6 is 0 Å². The highest BCUT2D eigenvalue weighted by atomic mass is 16.3. The van der Waals surface area contributed by atoms with Crippen LogP contribution in [-0.4, -0.2) is 24.0 Å². The Morgan fingerprint density at radius 2 is 2.25 bits per heavy atom. The first-order valence-electron chi connectivity index (χ1n) is 4.22. The molecule has 0 aliphatic heterocycles. The Kier molecular flexibility index (Phi) is 6.38. The van der Waals surface area contributed by atoms with Crippen molar-refractivity contribution in [3.05, 3.63) is 12.4 Å². The second kappa shape index (κ2) is 6.85. The minimum Gasteiger partial charge on any atom is -0.395 e. The predicted octanol–water partition coefficient (Wildman–Crippen LogP) is 1.16. The van der Waals surface area contributed by atoms with Gasteiger partial charge in [-0.1, -0.05) is 13.8 Å². The summed E-state index contributed by atoms with van der Waals surface area (Å²) in [6.45, 7) is 6.94. The van der Waals surface area contributed by atoms with Crippen LogP contribution in [0, 0.1) is 5.92 Å². The summed E-state index contributed by atoms with van der Waals surface area (Å²) < 4.78 is 0. The summed E-state index contributed by atoms with van der Waals surface area (Å²) in [7, 11) is 0. The van der Waals surface area contributed by atoms with Crippen molar-refractivity contribution >= 4 is 5.71 Å². The second-order valence-corrected chi connectivity index (χ2v) is 2.92. The van der Waals surface area contributed by atoms with Crippen LogP contribution < -0.4 is 5.32 Å². The molecule has 3 heteroatoms. The quantitative estimate of drug-likeness (QED) is 0.480. The summed E-state index contributed by atoms with van der Waals surface area (Å²) in [6, 6.07) is 0. The van der Waals surface area contributed by atoms with Crippen LogP contribution in [0.15, 0.2) is 17.4 Å². The zero-order valence-electron chi connectivity index (χ0n) is 8.04. The van der Waals surface area contributed by atoms with Gasteiger partial charge in [0.15, 0.2) is 0 Å². The van der Waals surface area contributed by atoms with Gasteiger partial charge in [0, 0.05) is 24.7 Å². The fraction of sp³-hybridized carbons (Fsp3) is 0.667. The number of rotatable bonds is 5. The molecule has 0 saturated heterocycles. The van der Waals surface area contributed by atoms with E-state index in [9.17, 15) is 0 Å². The molecule has 3 nitrogen and oxygen atoms in total. The van der Waals surface area contributed by atoms with Gasteiger partial charge in [-0.3, -0.25) is 4.99 Å². The van der Waals surface area contributed by atoms with Gasteiger partial charge >= 0.3 is 0 Å². The summed E-state index contributed by atoms with van der Waals surface area (Å²) in [6.07, 6.45) is 3.45. The van der Waals surface area contributed by atoms with Gasteiger partial charge in [-0.15, -0.1) is 0 Å². The first-order chi connectivity index (χ1) is 5.68. The van der Waals surface area contributed by atoms with Crippen molar-refractivity contribution in [2.24, 2.45) is 10.9 Å². The van der Waals surface area contributed by atoms with E-state index in [1.165, 1.54) is 0 Å². The lowest BCUT2D eigenvalue weighted by Crippen LogP contribution is -2.10. The molecule has 0 amide bonds. The molecular weight excluding hydrogens is 152 g/mol. The molecule has 0 unspecified atom stereocenters. The number of hydrogen-bond acceptors (Lipinski definition) is 3. The molecule has 0 bridgehead atoms. The largest absolute Gasteiger partial charge is 0.395 e. The molecule has 0 rings (SSSR count). The van der Waals surface area contributed by atoms with Gasteiger partial charge in [0.05, 0.1) is 6.61 Å². The smallest absolute Gasteiger partial charge is 0.0603 e. The molecule has 0 saturated carbocycles. The van der Waals surface area contributed by atoms with Gasteiger partial charge in [0.2, 0.25) is 0 Å². The predicted molar refractivity (Wildman–Crippen MR) is 52.2 cm³/mol. The summed E-state index contributed by atoms with van der Waals surface area (Å²) >= 11 is 0. The number of aliphatic hydroxyl groups is 1. The van der Waals surface area contributed by atoms with Crippen molar-refractivity contribution < 1.29 is 5.11 Å². The maximum atomic E-state index is 8.43. The molecule has 0 spiro atoms. The number of hydrogen-bond donors (Lipinski definition) is 2. The van der Waals surface area contributed by atoms with Crippen molar-refractivity contribution in [2.45, 2.75) is 20.8 Å². The summed E-state index contributed by atoms with van der Waals surface area (Å²) in [5.41, 5.74) is 1.11. The molecule has 2 N–H and O–H groups in total. The van der Waals surface area contributed by atoms with Crippen LogP contribution in [0.1, 0.15) is 20.8 Å². The molecule has 0 heterocycles. The van der Waals surface area contributed by atoms with E-state index >= 15 is 0 Å². The van der Waals surface area contributed by atoms with Crippen molar-refractivity contribution in [1.82, 2.24) is 5.32 Å². The third-order valence-electron chi connectivity index (χ3n) is 1.56. The highest BCUT2D eigenvalue weighted by Crippen LogP contribution is 1.95. The Morgan fingerprint density at radius 1 is 1.58 bits per heavy atom. The third-order valence-corrected chi connectivity index (χ3v) is 1.56. The summed E-state index contributed by atoms with van der Waals surface area (Å²) in [5, 5.41) is 11.3. The second-order valence-electron chi connectivity index (χ2n) is 2.92. The zero-order chi connectivity index (χ0) is 9.40. The third kappa shape index (κ3) is 5.92. The van der Waals surface area contributed by atoms with Crippen molar-refractivity contribution in [3.8, 4) is 0 Å². The monoisotopic (exact) mass is 170 g/mol. The molecule has 0 aromatic rings. The first kappa shape index (κ1) is 11.2. The average molecular weight is 170 g/mol. The van der Waals surface area contributed by atoms with Crippen LogP contribution in [0.2, 0.25) is 0 Å². The summed E-state index contributed by atoms with van der Waals surface area (Å²) in [5.74, 6) is 0.493. The minimum atomic E-state index is 0.150. The van der Waals surface area contributed by atoms with Gasteiger partial charge in [0.1, 0.15) is 0 Å². The SMILES string of the molecule is CC(=N/C=C\NCCO)C(C)C. The lowest BCUT2D eigenvalue weighted by Gasteiger charge is -2.00. The molecule has 12 heavy (non-hydrogen) atoms. The van der Waals surface area contributed by atoms with E-state index in [1.807, 2.05) is 6.92 Å². The van der Waals surface area contributed by atoms with Gasteiger partial charge in [0.25, 0.3) is 0 Å². The molecule has 0 aromatic carbocycles. The van der Waals surface area contributed by atoms with Crippen LogP contribution in [0.3, 0.4) is 0 Å². The maximum absolute atomic E-state index is 8.43. The van der Waals surface area contributed by atoms with E-state index < -0.39 is 0 Å². The molecule has 0 fully saturated rings. The van der Waals surface area contributed by atoms with E-state index in [2.05, 4.69) is 24.2 Å². The van der Waals surface area contributed by atoms with Gasteiger partial charge in [-0.2, -0.15) is 0 Å². The molecule has 0 radical (unpaired) electrons. The molecule has 0 atom stereocenters. The van der Waals surface area contributed by atoms with Gasteiger partial charge < -0.3 is 10.4 Å². The Bertz CT molecular complexity index is 162. The standard InChI is InChI=1S/C9H18N2O/c1-8(2)9(3)11-5-4-10-6-7-12/h4-5,8,10,12H,6-7H2,1-3H3/b5-4-,11-9?. The highest BCUT2D eigenvalue weighted by molar-refractivity contribution is 5.84. The Hall–Kier alpha value is -0.830. The van der Waals surface area contributed by atoms with Crippen molar-refractivity contribution in [1.29, 1.82) is 0 Å². The van der Waals surface area contributed by atoms with Crippen LogP contribution in [-0.2, 0) is 0 Å². The van der Waals surface area contributed by atoms with Gasteiger partial charge in [-0.25, -0.2) is 0 Å². The lowest BCUT2D eigenvalue weighted by molar-refractivity contribution is 0.298. The lowest BCUT2D eigenvalue weighted by atomic mass is 10.1. The number of nitrogens with zero attached hydrogens (tertiary/aromatic N) is 1. The van der Waals surface area contributed by atoms with Crippen molar-refractivity contribution in [2.75, 3.05) is 13.2 Å².